The summed E-state index contributed by atoms with van der Waals surface area (Å²) in [7, 11) is -5.33. The van der Waals surface area contributed by atoms with Gasteiger partial charge in [-0.25, -0.2) is 16.8 Å². The Kier molecular flexibility index (Phi) is 9.57. The first-order valence-electron chi connectivity index (χ1n) is 13.2. The van der Waals surface area contributed by atoms with E-state index < -0.39 is 19.9 Å². The number of anilines is 1. The van der Waals surface area contributed by atoms with Gasteiger partial charge < -0.3 is 9.80 Å². The van der Waals surface area contributed by atoms with E-state index in [-0.39, 0.29) is 15.7 Å². The average Bonchev–Trinajstić information content (AvgIpc) is 3.21. The molecule has 4 rings (SSSR count). The Morgan fingerprint density at radius 3 is 2.12 bits per heavy atom. The number of carbonyl (C=O) groups is 1. The monoisotopic (exact) mass is 581 g/mol. The van der Waals surface area contributed by atoms with Gasteiger partial charge in [-0.2, -0.15) is 4.31 Å². The van der Waals surface area contributed by atoms with Crippen molar-refractivity contribution in [3.8, 4) is 0 Å². The highest BCUT2D eigenvalue weighted by Crippen LogP contribution is 2.22. The van der Waals surface area contributed by atoms with Gasteiger partial charge >= 0.3 is 0 Å². The van der Waals surface area contributed by atoms with E-state index in [2.05, 4.69) is 17.0 Å². The van der Waals surface area contributed by atoms with Crippen molar-refractivity contribution >= 4 is 37.5 Å². The van der Waals surface area contributed by atoms with Crippen LogP contribution in [0.25, 0.3) is 6.08 Å². The van der Waals surface area contributed by atoms with Crippen LogP contribution in [0.2, 0.25) is 0 Å². The van der Waals surface area contributed by atoms with Gasteiger partial charge in [0.15, 0.2) is 9.84 Å². The molecule has 8 nitrogen and oxygen atoms in total. The topological polar surface area (TPSA) is 95.1 Å². The number of nitrogens with zero attached hydrogens (tertiary/aromatic N) is 3. The maximum Gasteiger partial charge on any atom is 0.250 e. The van der Waals surface area contributed by atoms with Crippen LogP contribution in [0, 0.1) is 0 Å². The molecule has 0 aliphatic carbocycles. The maximum absolute atomic E-state index is 13.4. The van der Waals surface area contributed by atoms with Gasteiger partial charge in [-0.15, -0.1) is 0 Å². The molecule has 3 aromatic rings. The highest BCUT2D eigenvalue weighted by molar-refractivity contribution is 7.90. The van der Waals surface area contributed by atoms with E-state index in [9.17, 15) is 21.6 Å². The van der Waals surface area contributed by atoms with Crippen molar-refractivity contribution in [3.63, 3.8) is 0 Å². The third-order valence-electron chi connectivity index (χ3n) is 7.03. The van der Waals surface area contributed by atoms with Crippen LogP contribution in [0.5, 0.6) is 0 Å². The Morgan fingerprint density at radius 2 is 1.48 bits per heavy atom. The first kappa shape index (κ1) is 29.7. The highest BCUT2D eigenvalue weighted by atomic mass is 32.2. The Balaban J connectivity index is 1.34. The Labute approximate surface area is 237 Å². The number of likely N-dealkylation sites (N-methyl/N-ethyl adjacent to an activating group) is 1. The van der Waals surface area contributed by atoms with Crippen molar-refractivity contribution in [1.82, 2.24) is 9.21 Å². The average molecular weight is 582 g/mol. The SMILES string of the molecule is CN(C(=O)C=Cc1ccc(S(C)(=O)=O)cc1)c1ccc(S(=O)(=O)N2CCCN(CCc3ccccc3)CC2)cc1. The predicted molar refractivity (Wildman–Crippen MR) is 158 cm³/mol. The van der Waals surface area contributed by atoms with Gasteiger partial charge in [-0.3, -0.25) is 4.79 Å². The summed E-state index contributed by atoms with van der Waals surface area (Å²) in [6, 6.07) is 22.9. The second-order valence-electron chi connectivity index (χ2n) is 9.90. The van der Waals surface area contributed by atoms with E-state index in [4.69, 9.17) is 0 Å². The number of amides is 1. The summed E-state index contributed by atoms with van der Waals surface area (Å²) in [5, 5.41) is 0. The lowest BCUT2D eigenvalue weighted by molar-refractivity contribution is -0.113. The van der Waals surface area contributed by atoms with Gasteiger partial charge in [0.2, 0.25) is 10.0 Å². The van der Waals surface area contributed by atoms with E-state index in [0.717, 1.165) is 32.2 Å². The number of benzene rings is 3. The molecule has 0 atom stereocenters. The van der Waals surface area contributed by atoms with Crippen LogP contribution in [-0.2, 0) is 31.1 Å². The van der Waals surface area contributed by atoms with E-state index in [1.54, 1.807) is 53.8 Å². The summed E-state index contributed by atoms with van der Waals surface area (Å²) >= 11 is 0. The zero-order valence-electron chi connectivity index (χ0n) is 22.8. The molecule has 1 fully saturated rings. The molecular formula is C30H35N3O5S2. The minimum Gasteiger partial charge on any atom is -0.312 e. The lowest BCUT2D eigenvalue weighted by Gasteiger charge is -2.22. The van der Waals surface area contributed by atoms with Gasteiger partial charge in [-0.1, -0.05) is 42.5 Å². The Hall–Kier alpha value is -3.31. The summed E-state index contributed by atoms with van der Waals surface area (Å²) in [5.74, 6) is -0.300. The normalized spacial score (nSPS) is 15.7. The van der Waals surface area contributed by atoms with Gasteiger partial charge in [0.25, 0.3) is 5.91 Å². The first-order chi connectivity index (χ1) is 19.0. The summed E-state index contributed by atoms with van der Waals surface area (Å²) in [5.41, 5.74) is 2.52. The zero-order valence-corrected chi connectivity index (χ0v) is 24.4. The van der Waals surface area contributed by atoms with Crippen LogP contribution in [-0.4, -0.2) is 78.0 Å². The van der Waals surface area contributed by atoms with Crippen LogP contribution in [0.1, 0.15) is 17.5 Å². The minimum absolute atomic E-state index is 0.205. The quantitative estimate of drug-likeness (QED) is 0.358. The molecular weight excluding hydrogens is 546 g/mol. The molecule has 10 heteroatoms. The predicted octanol–water partition coefficient (Wildman–Crippen LogP) is 3.71. The maximum atomic E-state index is 13.4. The molecule has 0 bridgehead atoms. The third kappa shape index (κ3) is 7.66. The first-order valence-corrected chi connectivity index (χ1v) is 16.5. The van der Waals surface area contributed by atoms with E-state index >= 15 is 0 Å². The molecule has 0 N–H and O–H groups in total. The molecule has 0 radical (unpaired) electrons. The standard InChI is InChI=1S/C30H35N3O5S2/c1-31(30(34)18-11-26-9-14-28(15-10-26)39(2,35)36)27-12-16-29(17-13-27)40(37,38)33-21-6-20-32(23-24-33)22-19-25-7-4-3-5-8-25/h3-5,7-18H,6,19-24H2,1-2H3. The molecule has 1 saturated heterocycles. The van der Waals surface area contributed by atoms with Gasteiger partial charge in [0.1, 0.15) is 0 Å². The molecule has 0 unspecified atom stereocenters. The van der Waals surface area contributed by atoms with E-state index in [0.29, 0.717) is 30.9 Å². The molecule has 212 valence electrons. The lowest BCUT2D eigenvalue weighted by Crippen LogP contribution is -2.35. The zero-order chi connectivity index (χ0) is 28.8. The summed E-state index contributed by atoms with van der Waals surface area (Å²) < 4.78 is 51.5. The van der Waals surface area contributed by atoms with Crippen LogP contribution in [0.3, 0.4) is 0 Å². The van der Waals surface area contributed by atoms with Crippen LogP contribution in [0.15, 0.2) is 94.7 Å². The second-order valence-corrected chi connectivity index (χ2v) is 13.9. The van der Waals surface area contributed by atoms with Crippen molar-refractivity contribution < 1.29 is 21.6 Å². The largest absolute Gasteiger partial charge is 0.312 e. The molecule has 0 aromatic heterocycles. The summed E-state index contributed by atoms with van der Waals surface area (Å²) in [4.78, 5) is 16.9. The van der Waals surface area contributed by atoms with Crippen molar-refractivity contribution in [2.45, 2.75) is 22.6 Å². The fourth-order valence-electron chi connectivity index (χ4n) is 4.57. The van der Waals surface area contributed by atoms with Crippen LogP contribution in [0.4, 0.5) is 5.69 Å². The summed E-state index contributed by atoms with van der Waals surface area (Å²) in [6.07, 6.45) is 5.84. The third-order valence-corrected chi connectivity index (χ3v) is 10.1. The van der Waals surface area contributed by atoms with Crippen molar-refractivity contribution in [2.75, 3.05) is 50.9 Å². The number of hydrogen-bond acceptors (Lipinski definition) is 6. The number of sulfonamides is 1. The van der Waals surface area contributed by atoms with Crippen molar-refractivity contribution in [3.05, 3.63) is 96.1 Å². The number of rotatable bonds is 9. The lowest BCUT2D eigenvalue weighted by atomic mass is 10.1. The van der Waals surface area contributed by atoms with Gasteiger partial charge in [-0.05, 0) is 73.0 Å². The van der Waals surface area contributed by atoms with Crippen molar-refractivity contribution in [2.24, 2.45) is 0 Å². The molecule has 1 aliphatic rings. The van der Waals surface area contributed by atoms with Gasteiger partial charge in [0, 0.05) is 51.2 Å². The summed E-state index contributed by atoms with van der Waals surface area (Å²) in [6.45, 7) is 3.35. The second kappa shape index (κ2) is 12.9. The molecule has 1 aliphatic heterocycles. The number of hydrogen-bond donors (Lipinski definition) is 0. The smallest absolute Gasteiger partial charge is 0.250 e. The number of sulfone groups is 1. The Morgan fingerprint density at radius 1 is 0.825 bits per heavy atom. The molecule has 1 amide bonds. The molecule has 0 saturated carbocycles. The molecule has 1 heterocycles. The Bertz CT molecular complexity index is 1540. The van der Waals surface area contributed by atoms with E-state index in [1.807, 2.05) is 18.2 Å². The molecule has 40 heavy (non-hydrogen) atoms. The van der Waals surface area contributed by atoms with Crippen molar-refractivity contribution in [1.29, 1.82) is 0 Å². The fraction of sp³-hybridized carbons (Fsp3) is 0.300. The molecule has 3 aromatic carbocycles. The number of carbonyl (C=O) groups excluding carboxylic acids is 1. The molecule has 0 spiro atoms. The van der Waals surface area contributed by atoms with Crippen LogP contribution < -0.4 is 4.90 Å². The van der Waals surface area contributed by atoms with E-state index in [1.165, 1.54) is 28.7 Å². The van der Waals surface area contributed by atoms with Crippen LogP contribution >= 0.6 is 0 Å². The van der Waals surface area contributed by atoms with Gasteiger partial charge in [0.05, 0.1) is 9.79 Å². The minimum atomic E-state index is -3.65. The fourth-order valence-corrected chi connectivity index (χ4v) is 6.67. The highest BCUT2D eigenvalue weighted by Gasteiger charge is 2.27.